The number of H-pyrrole nitrogens is 1. The number of alkyl carbamates (subject to hydrolysis) is 1. The van der Waals surface area contributed by atoms with Crippen molar-refractivity contribution in [3.8, 4) is 28.6 Å². The first-order valence-electron chi connectivity index (χ1n) is 24.4. The number of nitrogens with zero attached hydrogens (tertiary/aromatic N) is 7. The third-order valence-corrected chi connectivity index (χ3v) is 21.0. The number of amides is 1. The first-order valence-corrected chi connectivity index (χ1v) is 30.2. The predicted molar refractivity (Wildman–Crippen MR) is 287 cm³/mol. The molecular formula is C51H69N11O10S2Si. The van der Waals surface area contributed by atoms with Crippen LogP contribution in [0.25, 0.3) is 11.4 Å². The molecule has 1 amide bonds. The van der Waals surface area contributed by atoms with Gasteiger partial charge in [-0.15, -0.1) is 10.2 Å². The molecule has 0 fully saturated rings. The average molecular weight is 1090 g/mol. The number of nitrogen functional groups attached to an aromatic ring is 1. The first kappa shape index (κ1) is 56.2. The van der Waals surface area contributed by atoms with Gasteiger partial charge in [-0.25, -0.2) is 31.3 Å². The fourth-order valence-corrected chi connectivity index (χ4v) is 12.9. The lowest BCUT2D eigenvalue weighted by atomic mass is 10.1. The lowest BCUT2D eigenvalue weighted by Gasteiger charge is -2.39. The predicted octanol–water partition coefficient (Wildman–Crippen LogP) is 6.87. The van der Waals surface area contributed by atoms with Crippen LogP contribution in [0.2, 0.25) is 18.1 Å². The molecule has 5 N–H and O–H groups in total. The van der Waals surface area contributed by atoms with Gasteiger partial charge in [0.1, 0.15) is 32.6 Å². The van der Waals surface area contributed by atoms with Crippen molar-refractivity contribution in [1.29, 1.82) is 0 Å². The van der Waals surface area contributed by atoms with E-state index in [1.165, 1.54) is 29.4 Å². The molecule has 1 atom stereocenters. The molecule has 1 aliphatic rings. The third kappa shape index (κ3) is 13.8. The maximum atomic E-state index is 16.3. The summed E-state index contributed by atoms with van der Waals surface area (Å²) in [6.45, 7) is 15.1. The van der Waals surface area contributed by atoms with Crippen molar-refractivity contribution in [2.45, 2.75) is 114 Å². The summed E-state index contributed by atoms with van der Waals surface area (Å²) >= 11 is 0. The van der Waals surface area contributed by atoms with E-state index in [1.54, 1.807) is 94.6 Å². The Morgan fingerprint density at radius 1 is 0.813 bits per heavy atom. The summed E-state index contributed by atoms with van der Waals surface area (Å²) in [6, 6.07) is 24.0. The van der Waals surface area contributed by atoms with Crippen molar-refractivity contribution in [2.24, 2.45) is 0 Å². The van der Waals surface area contributed by atoms with E-state index in [2.05, 4.69) is 30.3 Å². The van der Waals surface area contributed by atoms with Crippen molar-refractivity contribution < 1.29 is 45.0 Å². The second kappa shape index (κ2) is 22.7. The highest BCUT2D eigenvalue weighted by atomic mass is 32.2. The van der Waals surface area contributed by atoms with Crippen molar-refractivity contribution >= 4 is 46.1 Å². The molecule has 0 unspecified atom stereocenters. The largest absolute Gasteiger partial charge is 0.497 e. The molecule has 24 heteroatoms. The number of methoxy groups -OCH3 is 3. The van der Waals surface area contributed by atoms with Crippen LogP contribution in [-0.4, -0.2) is 118 Å². The molecule has 404 valence electrons. The smallest absolute Gasteiger partial charge is 0.407 e. The normalized spacial score (nSPS) is 13.8. The number of anilines is 2. The lowest BCUT2D eigenvalue weighted by Crippen LogP contribution is -2.51. The van der Waals surface area contributed by atoms with Gasteiger partial charge in [-0.2, -0.15) is 9.10 Å². The van der Waals surface area contributed by atoms with Gasteiger partial charge in [0.25, 0.3) is 0 Å². The molecule has 0 aliphatic carbocycles. The van der Waals surface area contributed by atoms with Gasteiger partial charge < -0.3 is 44.3 Å². The maximum absolute atomic E-state index is 16.3. The van der Waals surface area contributed by atoms with Gasteiger partial charge in [-0.3, -0.25) is 0 Å². The third-order valence-electron chi connectivity index (χ3n) is 13.0. The van der Waals surface area contributed by atoms with E-state index in [1.807, 2.05) is 50.9 Å². The van der Waals surface area contributed by atoms with Crippen LogP contribution in [0.5, 0.6) is 17.2 Å². The molecule has 1 aliphatic heterocycles. The molecule has 4 aromatic carbocycles. The zero-order valence-electron chi connectivity index (χ0n) is 44.4. The van der Waals surface area contributed by atoms with Gasteiger partial charge in [0.2, 0.25) is 25.9 Å². The van der Waals surface area contributed by atoms with Crippen molar-refractivity contribution in [3.63, 3.8) is 0 Å². The zero-order chi connectivity index (χ0) is 54.5. The number of nitrogens with two attached hydrogens (primary N) is 1. The van der Waals surface area contributed by atoms with Crippen LogP contribution >= 0.6 is 0 Å². The summed E-state index contributed by atoms with van der Waals surface area (Å²) in [7, 11) is -7.81. The number of aromatic nitrogens is 6. The van der Waals surface area contributed by atoms with Crippen LogP contribution < -0.4 is 34.9 Å². The van der Waals surface area contributed by atoms with E-state index < -0.39 is 56.0 Å². The number of fused-ring (bicyclic) bond motifs is 1. The summed E-state index contributed by atoms with van der Waals surface area (Å²) in [6.07, 6.45) is -1.21. The average Bonchev–Trinajstić information content (AvgIpc) is 3.99. The number of benzene rings is 4. The number of hydrogen-bond acceptors (Lipinski definition) is 16. The summed E-state index contributed by atoms with van der Waals surface area (Å²) in [5.74, 6) is 1.83. The Hall–Kier alpha value is -6.57. The number of ether oxygens (including phenoxy) is 4. The number of hydrogen-bond donors (Lipinski definition) is 4. The number of carbonyl (C=O) groups excluding carboxylic acids is 1. The summed E-state index contributed by atoms with van der Waals surface area (Å²) in [5, 5.41) is 16.1. The molecule has 75 heavy (non-hydrogen) atoms. The van der Waals surface area contributed by atoms with Crippen LogP contribution in [-0.2, 0) is 61.8 Å². The van der Waals surface area contributed by atoms with Gasteiger partial charge in [0.05, 0.1) is 57.5 Å². The molecule has 21 nitrogen and oxygen atoms in total. The van der Waals surface area contributed by atoms with Crippen LogP contribution in [0.3, 0.4) is 0 Å². The number of nitrogens with one attached hydrogen (secondary N) is 3. The van der Waals surface area contributed by atoms with Crippen LogP contribution in [0, 0.1) is 0 Å². The van der Waals surface area contributed by atoms with Crippen molar-refractivity contribution in [1.82, 2.24) is 44.5 Å². The summed E-state index contributed by atoms with van der Waals surface area (Å²) < 4.78 is 95.9. The van der Waals surface area contributed by atoms with Crippen LogP contribution in [0.1, 0.15) is 69.6 Å². The Kier molecular flexibility index (Phi) is 17.0. The Morgan fingerprint density at radius 3 is 1.91 bits per heavy atom. The Morgan fingerprint density at radius 2 is 1.37 bits per heavy atom. The topological polar surface area (TPSA) is 260 Å². The number of tetrazole rings is 1. The molecule has 0 bridgehead atoms. The summed E-state index contributed by atoms with van der Waals surface area (Å²) in [5.41, 5.74) is 8.93. The van der Waals surface area contributed by atoms with Crippen molar-refractivity contribution in [3.05, 3.63) is 113 Å². The molecule has 0 saturated carbocycles. The highest BCUT2D eigenvalue weighted by Crippen LogP contribution is 2.43. The monoisotopic (exact) mass is 1090 g/mol. The SMILES string of the molecule is COc1ccc(CN(Cc2ccc(OC)cc2)S(=O)(=O)c2c(S(=O)(=O)NC[C@@H](CNC(=O)OC(C)(C)C)O[Si](C)(C)C(C)(C)C)ccc(N3CCc4nc(N)[nH]c4C3)c2-c2nnn(Cc3ccc(OC)cc3)n2)cc1. The molecule has 0 radical (unpaired) electrons. The molecule has 6 aromatic rings. The zero-order valence-corrected chi connectivity index (χ0v) is 47.1. The summed E-state index contributed by atoms with van der Waals surface area (Å²) in [4.78, 5) is 22.6. The molecule has 0 saturated heterocycles. The molecule has 3 heterocycles. The Bertz CT molecular complexity index is 3110. The molecule has 0 spiro atoms. The molecule has 7 rings (SSSR count). The van der Waals surface area contributed by atoms with Gasteiger partial charge in [0, 0.05) is 44.8 Å². The Labute approximate surface area is 440 Å². The van der Waals surface area contributed by atoms with Crippen molar-refractivity contribution in [2.75, 3.05) is 51.6 Å². The quantitative estimate of drug-likeness (QED) is 0.0536. The standard InChI is InChI=1S/C51H69N11O10S2Si/c1-50(2,3)71-49(63)53-28-40(72-75(10,11)51(4,5)6)29-54-73(64,65)44-25-24-43(60-27-26-41-42(33-60)56-48(52)55-41)45(47-57-59-62(58-47)32-36-16-22-39(70-9)23-17-36)46(44)74(66,67)61(30-34-12-18-37(68-7)19-13-34)31-35-14-20-38(69-8)21-15-35/h12-25,40,54H,26-33H2,1-11H3,(H,53,63)(H3,52,55,56)/t40-/m1/s1. The van der Waals surface area contributed by atoms with Gasteiger partial charge in [0.15, 0.2) is 14.3 Å². The maximum Gasteiger partial charge on any atom is 0.407 e. The number of rotatable bonds is 21. The van der Waals surface area contributed by atoms with Crippen LogP contribution in [0.4, 0.5) is 16.4 Å². The highest BCUT2D eigenvalue weighted by Gasteiger charge is 2.42. The number of imidazole rings is 1. The fourth-order valence-electron chi connectivity index (χ4n) is 8.09. The van der Waals surface area contributed by atoms with E-state index in [0.29, 0.717) is 52.7 Å². The highest BCUT2D eigenvalue weighted by molar-refractivity contribution is 7.92. The lowest BCUT2D eigenvalue weighted by molar-refractivity contribution is 0.0498. The van der Waals surface area contributed by atoms with Gasteiger partial charge in [-0.1, -0.05) is 57.2 Å². The minimum absolute atomic E-state index is 0.107. The van der Waals surface area contributed by atoms with Gasteiger partial charge in [-0.05, 0) is 109 Å². The van der Waals surface area contributed by atoms with E-state index in [-0.39, 0.29) is 61.6 Å². The number of aromatic amines is 1. The second-order valence-electron chi connectivity index (χ2n) is 20.7. The number of carbonyl (C=O) groups is 1. The van der Waals surface area contributed by atoms with E-state index in [0.717, 1.165) is 11.3 Å². The van der Waals surface area contributed by atoms with E-state index >= 15 is 16.8 Å². The molecular weight excluding hydrogens is 1020 g/mol. The fraction of sp³-hybridized carbons (Fsp3) is 0.431. The molecule has 2 aromatic heterocycles. The van der Waals surface area contributed by atoms with Crippen LogP contribution in [0.15, 0.2) is 94.7 Å². The second-order valence-corrected chi connectivity index (χ2v) is 29.1. The minimum Gasteiger partial charge on any atom is -0.497 e. The van der Waals surface area contributed by atoms with E-state index in [4.69, 9.17) is 34.2 Å². The van der Waals surface area contributed by atoms with E-state index in [9.17, 15) is 4.79 Å². The first-order chi connectivity index (χ1) is 35.3. The van der Waals surface area contributed by atoms with Gasteiger partial charge >= 0.3 is 6.09 Å². The minimum atomic E-state index is -4.97. The number of sulfonamides is 2. The Balaban J connectivity index is 1.43.